The molecule has 2 aromatic heterocycles. The number of benzene rings is 1. The van der Waals surface area contributed by atoms with Crippen molar-refractivity contribution in [2.75, 3.05) is 5.75 Å². The third-order valence-electron chi connectivity index (χ3n) is 4.26. The quantitative estimate of drug-likeness (QED) is 0.483. The van der Waals surface area contributed by atoms with Gasteiger partial charge >= 0.3 is 0 Å². The third kappa shape index (κ3) is 4.33. The average Bonchev–Trinajstić information content (AvgIpc) is 3.38. The standard InChI is InChI=1S/C18H18ClN5O2S/c19-12-9-20-23(10-12)7-8-24-17(26)14-3-1-2-4-15(14)22-18(24)27-11-16(25)21-13-5-6-13/h1-4,9-10,13H,5-8,11H2,(H,21,25). The van der Waals surface area contributed by atoms with Crippen molar-refractivity contribution in [1.82, 2.24) is 24.6 Å². The first-order valence-electron chi connectivity index (χ1n) is 8.70. The summed E-state index contributed by atoms with van der Waals surface area (Å²) in [4.78, 5) is 29.6. The Morgan fingerprint density at radius 1 is 1.30 bits per heavy atom. The molecule has 2 heterocycles. The highest BCUT2D eigenvalue weighted by Crippen LogP contribution is 2.21. The zero-order valence-electron chi connectivity index (χ0n) is 14.5. The van der Waals surface area contributed by atoms with Crippen molar-refractivity contribution in [2.24, 2.45) is 0 Å². The average molecular weight is 404 g/mol. The number of carbonyl (C=O) groups is 1. The number of nitrogens with zero attached hydrogens (tertiary/aromatic N) is 4. The zero-order valence-corrected chi connectivity index (χ0v) is 16.0. The van der Waals surface area contributed by atoms with Gasteiger partial charge < -0.3 is 5.32 Å². The number of amides is 1. The predicted molar refractivity (Wildman–Crippen MR) is 105 cm³/mol. The fourth-order valence-electron chi connectivity index (χ4n) is 2.75. The van der Waals surface area contributed by atoms with Crippen LogP contribution < -0.4 is 10.9 Å². The number of para-hydroxylation sites is 1. The first-order valence-corrected chi connectivity index (χ1v) is 10.1. The summed E-state index contributed by atoms with van der Waals surface area (Å²) in [5.41, 5.74) is 0.509. The molecule has 7 nitrogen and oxygen atoms in total. The summed E-state index contributed by atoms with van der Waals surface area (Å²) in [6.45, 7) is 0.871. The first-order chi connectivity index (χ1) is 13.1. The predicted octanol–water partition coefficient (Wildman–Crippen LogP) is 2.32. The number of nitrogens with one attached hydrogen (secondary N) is 1. The van der Waals surface area contributed by atoms with Gasteiger partial charge in [0, 0.05) is 18.8 Å². The maximum Gasteiger partial charge on any atom is 0.262 e. The molecule has 3 aromatic rings. The maximum atomic E-state index is 13.0. The van der Waals surface area contributed by atoms with Gasteiger partial charge in [0.25, 0.3) is 5.56 Å². The number of carbonyl (C=O) groups excluding carboxylic acids is 1. The minimum absolute atomic E-state index is 0.0321. The minimum atomic E-state index is -0.121. The summed E-state index contributed by atoms with van der Waals surface area (Å²) in [7, 11) is 0. The van der Waals surface area contributed by atoms with E-state index in [2.05, 4.69) is 15.4 Å². The second-order valence-electron chi connectivity index (χ2n) is 6.42. The first kappa shape index (κ1) is 18.1. The third-order valence-corrected chi connectivity index (χ3v) is 5.43. The molecule has 9 heteroatoms. The molecular weight excluding hydrogens is 386 g/mol. The van der Waals surface area contributed by atoms with Crippen LogP contribution >= 0.6 is 23.4 Å². The molecule has 1 amide bonds. The van der Waals surface area contributed by atoms with Crippen LogP contribution in [0.4, 0.5) is 0 Å². The zero-order chi connectivity index (χ0) is 18.8. The largest absolute Gasteiger partial charge is 0.353 e. The van der Waals surface area contributed by atoms with E-state index in [-0.39, 0.29) is 17.2 Å². The van der Waals surface area contributed by atoms with Gasteiger partial charge in [-0.1, -0.05) is 35.5 Å². The number of hydrogen-bond donors (Lipinski definition) is 1. The topological polar surface area (TPSA) is 81.8 Å². The number of thioether (sulfide) groups is 1. The number of halogens is 1. The molecule has 0 unspecified atom stereocenters. The minimum Gasteiger partial charge on any atom is -0.353 e. The summed E-state index contributed by atoms with van der Waals surface area (Å²) in [5.74, 6) is 0.199. The molecule has 1 aliphatic rings. The second kappa shape index (κ2) is 7.74. The highest BCUT2D eigenvalue weighted by molar-refractivity contribution is 7.99. The number of fused-ring (bicyclic) bond motifs is 1. The Bertz CT molecular complexity index is 1040. The Labute approximate surface area is 164 Å². The molecule has 1 aromatic carbocycles. The van der Waals surface area contributed by atoms with Crippen LogP contribution in [0.15, 0.2) is 46.6 Å². The smallest absolute Gasteiger partial charge is 0.262 e. The highest BCUT2D eigenvalue weighted by Gasteiger charge is 2.23. The molecule has 1 aliphatic carbocycles. The van der Waals surface area contributed by atoms with E-state index in [0.29, 0.717) is 40.2 Å². The maximum absolute atomic E-state index is 13.0. The highest BCUT2D eigenvalue weighted by atomic mass is 35.5. The lowest BCUT2D eigenvalue weighted by Crippen LogP contribution is -2.29. The van der Waals surface area contributed by atoms with Gasteiger partial charge in [-0.15, -0.1) is 0 Å². The Kier molecular flexibility index (Phi) is 5.18. The van der Waals surface area contributed by atoms with Gasteiger partial charge in [-0.05, 0) is 25.0 Å². The SMILES string of the molecule is O=C(CSc1nc2ccccc2c(=O)n1CCn1cc(Cl)cn1)NC1CC1. The van der Waals surface area contributed by atoms with Gasteiger partial charge in [-0.25, -0.2) is 4.98 Å². The summed E-state index contributed by atoms with van der Waals surface area (Å²) in [5, 5.41) is 8.73. The van der Waals surface area contributed by atoms with Crippen LogP contribution in [0.25, 0.3) is 10.9 Å². The van der Waals surface area contributed by atoms with Crippen molar-refractivity contribution in [3.05, 3.63) is 52.0 Å². The van der Waals surface area contributed by atoms with Crippen LogP contribution in [0.3, 0.4) is 0 Å². The molecular formula is C18H18ClN5O2S. The van der Waals surface area contributed by atoms with Gasteiger partial charge in [-0.2, -0.15) is 5.10 Å². The number of rotatable bonds is 7. The Morgan fingerprint density at radius 3 is 2.85 bits per heavy atom. The number of aromatic nitrogens is 4. The van der Waals surface area contributed by atoms with Crippen molar-refractivity contribution in [1.29, 1.82) is 0 Å². The van der Waals surface area contributed by atoms with Gasteiger partial charge in [0.15, 0.2) is 5.16 Å². The molecule has 0 radical (unpaired) electrons. The number of aryl methyl sites for hydroxylation is 1. The van der Waals surface area contributed by atoms with Crippen molar-refractivity contribution in [3.8, 4) is 0 Å². The van der Waals surface area contributed by atoms with E-state index in [1.54, 1.807) is 27.7 Å². The fraction of sp³-hybridized carbons (Fsp3) is 0.333. The molecule has 0 atom stereocenters. The summed E-state index contributed by atoms with van der Waals surface area (Å²) in [6, 6.07) is 7.55. The second-order valence-corrected chi connectivity index (χ2v) is 7.80. The summed E-state index contributed by atoms with van der Waals surface area (Å²) < 4.78 is 3.28. The van der Waals surface area contributed by atoms with Crippen molar-refractivity contribution < 1.29 is 4.79 Å². The lowest BCUT2D eigenvalue weighted by molar-refractivity contribution is -0.118. The molecule has 0 aliphatic heterocycles. The van der Waals surface area contributed by atoms with Gasteiger partial charge in [0.05, 0.1) is 34.4 Å². The van der Waals surface area contributed by atoms with E-state index < -0.39 is 0 Å². The van der Waals surface area contributed by atoms with Crippen molar-refractivity contribution in [3.63, 3.8) is 0 Å². The molecule has 0 bridgehead atoms. The van der Waals surface area contributed by atoms with Crippen LogP contribution in [0, 0.1) is 0 Å². The van der Waals surface area contributed by atoms with Crippen LogP contribution in [-0.4, -0.2) is 37.0 Å². The molecule has 1 saturated carbocycles. The van der Waals surface area contributed by atoms with E-state index in [9.17, 15) is 9.59 Å². The lowest BCUT2D eigenvalue weighted by atomic mass is 10.2. The molecule has 4 rings (SSSR count). The number of hydrogen-bond acceptors (Lipinski definition) is 5. The molecule has 27 heavy (non-hydrogen) atoms. The van der Waals surface area contributed by atoms with Gasteiger partial charge in [0.2, 0.25) is 5.91 Å². The van der Waals surface area contributed by atoms with E-state index in [0.717, 1.165) is 12.8 Å². The Balaban J connectivity index is 1.59. The fourth-order valence-corrected chi connectivity index (χ4v) is 3.74. The molecule has 1 fully saturated rings. The van der Waals surface area contributed by atoms with Crippen LogP contribution in [0.5, 0.6) is 0 Å². The lowest BCUT2D eigenvalue weighted by Gasteiger charge is -2.13. The van der Waals surface area contributed by atoms with Crippen molar-refractivity contribution >= 4 is 40.2 Å². The summed E-state index contributed by atoms with van der Waals surface area (Å²) in [6.07, 6.45) is 5.35. The van der Waals surface area contributed by atoms with Crippen LogP contribution in [-0.2, 0) is 17.9 Å². The molecule has 0 spiro atoms. The van der Waals surface area contributed by atoms with E-state index >= 15 is 0 Å². The Hall–Kier alpha value is -2.32. The van der Waals surface area contributed by atoms with Crippen LogP contribution in [0.1, 0.15) is 12.8 Å². The van der Waals surface area contributed by atoms with E-state index in [1.165, 1.54) is 11.8 Å². The monoisotopic (exact) mass is 403 g/mol. The van der Waals surface area contributed by atoms with E-state index in [1.807, 2.05) is 18.2 Å². The van der Waals surface area contributed by atoms with E-state index in [4.69, 9.17) is 11.6 Å². The summed E-state index contributed by atoms with van der Waals surface area (Å²) >= 11 is 7.18. The molecule has 0 saturated heterocycles. The normalized spacial score (nSPS) is 13.8. The Morgan fingerprint density at radius 2 is 2.11 bits per heavy atom. The molecule has 1 N–H and O–H groups in total. The van der Waals surface area contributed by atoms with Gasteiger partial charge in [-0.3, -0.25) is 18.8 Å². The van der Waals surface area contributed by atoms with Crippen LogP contribution in [0.2, 0.25) is 5.02 Å². The van der Waals surface area contributed by atoms with Crippen molar-refractivity contribution in [2.45, 2.75) is 37.1 Å². The molecule has 140 valence electrons. The van der Waals surface area contributed by atoms with Gasteiger partial charge in [0.1, 0.15) is 0 Å².